The molecule has 0 spiro atoms. The number of carbonyl (C=O) groups excluding carboxylic acids is 2. The van der Waals surface area contributed by atoms with Gasteiger partial charge in [0.1, 0.15) is 19.8 Å². The summed E-state index contributed by atoms with van der Waals surface area (Å²) in [4.78, 5) is 35.3. The van der Waals surface area contributed by atoms with Crippen LogP contribution in [-0.4, -0.2) is 36.3 Å². The Morgan fingerprint density at radius 3 is 2.74 bits per heavy atom. The molecule has 1 aliphatic heterocycles. The normalized spacial score (nSPS) is 13.7. The van der Waals surface area contributed by atoms with E-state index >= 15 is 0 Å². The van der Waals surface area contributed by atoms with Crippen molar-refractivity contribution in [2.75, 3.05) is 19.8 Å². The number of esters is 1. The maximum atomic E-state index is 12.0. The average Bonchev–Trinajstić information content (AvgIpc) is 2.98. The van der Waals surface area contributed by atoms with E-state index in [-0.39, 0.29) is 17.5 Å². The number of ether oxygens (including phenoxy) is 3. The zero-order chi connectivity index (χ0) is 19.4. The predicted molar refractivity (Wildman–Crippen MR) is 98.3 cm³/mol. The van der Waals surface area contributed by atoms with Crippen LogP contribution < -0.4 is 19.7 Å². The minimum Gasteiger partial charge on any atom is -0.486 e. The largest absolute Gasteiger partial charge is 0.486 e. The van der Waals surface area contributed by atoms with Crippen LogP contribution in [0, 0.1) is 6.92 Å². The number of nitrogens with zero attached hydrogens (tertiary/aromatic N) is 1. The van der Waals surface area contributed by atoms with Gasteiger partial charge in [-0.3, -0.25) is 19.0 Å². The Morgan fingerprint density at radius 2 is 2.04 bits per heavy atom. The Kier molecular flexibility index (Phi) is 5.80. The first kappa shape index (κ1) is 19.0. The fraction of sp³-hybridized carbons (Fsp3) is 0.389. The number of thiazole rings is 1. The third-order valence-corrected chi connectivity index (χ3v) is 4.95. The summed E-state index contributed by atoms with van der Waals surface area (Å²) in [6.45, 7) is 3.93. The lowest BCUT2D eigenvalue weighted by Gasteiger charge is -2.21. The highest BCUT2D eigenvalue weighted by atomic mass is 32.1. The second kappa shape index (κ2) is 8.26. The van der Waals surface area contributed by atoms with Crippen LogP contribution in [0.25, 0.3) is 0 Å². The molecule has 0 bridgehead atoms. The van der Waals surface area contributed by atoms with Gasteiger partial charge in [0.15, 0.2) is 18.1 Å². The van der Waals surface area contributed by atoms with Crippen LogP contribution in [0.15, 0.2) is 28.4 Å². The molecule has 1 aliphatic rings. The molecule has 0 unspecified atom stereocenters. The van der Waals surface area contributed by atoms with Gasteiger partial charge >= 0.3 is 10.8 Å². The molecule has 27 heavy (non-hydrogen) atoms. The van der Waals surface area contributed by atoms with Crippen LogP contribution in [0.4, 0.5) is 0 Å². The van der Waals surface area contributed by atoms with Crippen LogP contribution >= 0.6 is 11.3 Å². The van der Waals surface area contributed by atoms with Gasteiger partial charge in [-0.2, -0.15) is 0 Å². The van der Waals surface area contributed by atoms with Crippen molar-refractivity contribution in [1.29, 1.82) is 0 Å². The van der Waals surface area contributed by atoms with Gasteiger partial charge in [0.25, 0.3) is 5.91 Å². The van der Waals surface area contributed by atoms with Crippen molar-refractivity contribution in [3.05, 3.63) is 44.5 Å². The first-order chi connectivity index (χ1) is 12.9. The molecule has 9 heteroatoms. The lowest BCUT2D eigenvalue weighted by atomic mass is 10.1. The molecule has 3 rings (SSSR count). The summed E-state index contributed by atoms with van der Waals surface area (Å²) < 4.78 is 17.3. The van der Waals surface area contributed by atoms with Crippen LogP contribution in [0.3, 0.4) is 0 Å². The molecule has 1 aromatic heterocycles. The highest BCUT2D eigenvalue weighted by molar-refractivity contribution is 7.07. The highest BCUT2D eigenvalue weighted by Gasteiger charge is 2.17. The lowest BCUT2D eigenvalue weighted by molar-refractivity contribution is -0.149. The Bertz CT molecular complexity index is 903. The van der Waals surface area contributed by atoms with E-state index < -0.39 is 18.5 Å². The Balaban J connectivity index is 1.50. The van der Waals surface area contributed by atoms with Gasteiger partial charge in [0.05, 0.1) is 6.04 Å². The van der Waals surface area contributed by atoms with Crippen LogP contribution in [0.5, 0.6) is 11.5 Å². The van der Waals surface area contributed by atoms with Gasteiger partial charge in [-0.05, 0) is 31.5 Å². The summed E-state index contributed by atoms with van der Waals surface area (Å²) in [5.41, 5.74) is 1.53. The molecular weight excluding hydrogens is 372 g/mol. The molecule has 0 saturated carbocycles. The summed E-state index contributed by atoms with van der Waals surface area (Å²) in [5.74, 6) is 0.250. The van der Waals surface area contributed by atoms with Crippen molar-refractivity contribution < 1.29 is 23.8 Å². The molecule has 2 aromatic rings. The standard InChI is InChI=1S/C18H20N2O6S/c1-11-10-27-18(23)20(11)8-17(22)26-9-16(21)19-12(2)13-3-4-14-15(7-13)25-6-5-24-14/h3-4,7,10,12H,5-6,8-9H2,1-2H3,(H,19,21)/t12-/m0/s1. The number of benzene rings is 1. The molecule has 2 heterocycles. The van der Waals surface area contributed by atoms with Crippen molar-refractivity contribution >= 4 is 23.2 Å². The molecule has 8 nitrogen and oxygen atoms in total. The summed E-state index contributed by atoms with van der Waals surface area (Å²) in [5, 5.41) is 4.42. The Hall–Kier alpha value is -2.81. The molecule has 1 N–H and O–H groups in total. The van der Waals surface area contributed by atoms with E-state index in [0.29, 0.717) is 30.4 Å². The van der Waals surface area contributed by atoms with E-state index in [9.17, 15) is 14.4 Å². The van der Waals surface area contributed by atoms with E-state index in [2.05, 4.69) is 5.32 Å². The summed E-state index contributed by atoms with van der Waals surface area (Å²) >= 11 is 1.01. The third-order valence-electron chi connectivity index (χ3n) is 4.07. The molecule has 1 atom stereocenters. The van der Waals surface area contributed by atoms with Crippen molar-refractivity contribution in [2.45, 2.75) is 26.4 Å². The average molecular weight is 392 g/mol. The van der Waals surface area contributed by atoms with E-state index in [0.717, 1.165) is 16.9 Å². The minimum absolute atomic E-state index is 0.209. The quantitative estimate of drug-likeness (QED) is 0.747. The van der Waals surface area contributed by atoms with Crippen LogP contribution in [0.2, 0.25) is 0 Å². The lowest BCUT2D eigenvalue weighted by Crippen LogP contribution is -2.32. The fourth-order valence-electron chi connectivity index (χ4n) is 2.61. The number of amides is 1. The maximum absolute atomic E-state index is 12.0. The fourth-order valence-corrected chi connectivity index (χ4v) is 3.35. The summed E-state index contributed by atoms with van der Waals surface area (Å²) in [7, 11) is 0. The highest BCUT2D eigenvalue weighted by Crippen LogP contribution is 2.32. The second-order valence-corrected chi connectivity index (χ2v) is 6.90. The number of hydrogen-bond acceptors (Lipinski definition) is 7. The van der Waals surface area contributed by atoms with Crippen molar-refractivity contribution in [3.8, 4) is 11.5 Å². The van der Waals surface area contributed by atoms with E-state index in [4.69, 9.17) is 14.2 Å². The van der Waals surface area contributed by atoms with Gasteiger partial charge in [0, 0.05) is 11.1 Å². The smallest absolute Gasteiger partial charge is 0.326 e. The summed E-state index contributed by atoms with van der Waals surface area (Å²) in [6, 6.07) is 5.16. The van der Waals surface area contributed by atoms with Gasteiger partial charge in [-0.1, -0.05) is 17.4 Å². The van der Waals surface area contributed by atoms with E-state index in [1.807, 2.05) is 19.1 Å². The van der Waals surface area contributed by atoms with Crippen LogP contribution in [0.1, 0.15) is 24.2 Å². The van der Waals surface area contributed by atoms with Gasteiger partial charge < -0.3 is 19.5 Å². The topological polar surface area (TPSA) is 95.9 Å². The first-order valence-electron chi connectivity index (χ1n) is 8.43. The molecule has 1 amide bonds. The number of nitrogens with one attached hydrogen (secondary N) is 1. The zero-order valence-corrected chi connectivity index (χ0v) is 15.8. The predicted octanol–water partition coefficient (Wildman–Crippen LogP) is 1.41. The summed E-state index contributed by atoms with van der Waals surface area (Å²) in [6.07, 6.45) is 0. The van der Waals surface area contributed by atoms with E-state index in [1.165, 1.54) is 4.57 Å². The maximum Gasteiger partial charge on any atom is 0.326 e. The van der Waals surface area contributed by atoms with Gasteiger partial charge in [-0.15, -0.1) is 0 Å². The molecule has 0 saturated heterocycles. The molecular formula is C18H20N2O6S. The van der Waals surface area contributed by atoms with Crippen LogP contribution in [-0.2, 0) is 20.9 Å². The van der Waals surface area contributed by atoms with Crippen molar-refractivity contribution in [2.24, 2.45) is 0 Å². The second-order valence-electron chi connectivity index (χ2n) is 6.08. The first-order valence-corrected chi connectivity index (χ1v) is 9.31. The molecule has 1 aromatic carbocycles. The third kappa shape index (κ3) is 4.68. The van der Waals surface area contributed by atoms with Crippen molar-refractivity contribution in [3.63, 3.8) is 0 Å². The Labute approximate surface area is 159 Å². The minimum atomic E-state index is -0.638. The monoisotopic (exact) mass is 392 g/mol. The number of aryl methyl sites for hydroxylation is 1. The number of rotatable bonds is 6. The SMILES string of the molecule is Cc1csc(=O)n1CC(=O)OCC(=O)N[C@@H](C)c1ccc2c(c1)OCCO2. The number of fused-ring (bicyclic) bond motifs is 1. The zero-order valence-electron chi connectivity index (χ0n) is 15.0. The van der Waals surface area contributed by atoms with Gasteiger partial charge in [0.2, 0.25) is 0 Å². The Morgan fingerprint density at radius 1 is 1.30 bits per heavy atom. The molecule has 0 aliphatic carbocycles. The molecule has 0 radical (unpaired) electrons. The van der Waals surface area contributed by atoms with E-state index in [1.54, 1.807) is 18.4 Å². The molecule has 144 valence electrons. The van der Waals surface area contributed by atoms with Gasteiger partial charge in [-0.25, -0.2) is 0 Å². The molecule has 0 fully saturated rings. The number of hydrogen-bond donors (Lipinski definition) is 1. The number of carbonyl (C=O) groups is 2. The number of aromatic nitrogens is 1. The van der Waals surface area contributed by atoms with Crippen molar-refractivity contribution in [1.82, 2.24) is 9.88 Å².